The number of alkyl halides is 3. The van der Waals surface area contributed by atoms with Crippen LogP contribution in [0.5, 0.6) is 0 Å². The Morgan fingerprint density at radius 3 is 2.45 bits per heavy atom. The van der Waals surface area contributed by atoms with E-state index in [1.807, 2.05) is 0 Å². The largest absolute Gasteiger partial charge is 0.417 e. The highest BCUT2D eigenvalue weighted by atomic mass is 35.7. The summed E-state index contributed by atoms with van der Waals surface area (Å²) in [5.41, 5.74) is -1.89. The molecule has 1 aliphatic heterocycles. The molecule has 1 amide bonds. The fourth-order valence-corrected chi connectivity index (χ4v) is 3.17. The Bertz CT molecular complexity index is 771. The third-order valence-electron chi connectivity index (χ3n) is 3.23. The van der Waals surface area contributed by atoms with Crippen LogP contribution in [0.15, 0.2) is 18.2 Å². The van der Waals surface area contributed by atoms with Gasteiger partial charge in [-0.3, -0.25) is 4.79 Å². The minimum Gasteiger partial charge on any atom is -0.311 e. The van der Waals surface area contributed by atoms with Crippen LogP contribution in [0.2, 0.25) is 0 Å². The number of halogens is 4. The summed E-state index contributed by atoms with van der Waals surface area (Å²) in [6, 6.07) is 4.18. The second-order valence-electron chi connectivity index (χ2n) is 4.65. The second-order valence-corrected chi connectivity index (χ2v) is 7.55. The monoisotopic (exact) mass is 352 g/mol. The summed E-state index contributed by atoms with van der Waals surface area (Å²) in [4.78, 5) is 12.7. The minimum absolute atomic E-state index is 0.126. The van der Waals surface area contributed by atoms with E-state index < -0.39 is 43.9 Å². The van der Waals surface area contributed by atoms with Crippen molar-refractivity contribution in [2.45, 2.75) is 17.8 Å². The van der Waals surface area contributed by atoms with Crippen molar-refractivity contribution in [3.63, 3.8) is 0 Å². The average Bonchev–Trinajstić information content (AvgIpc) is 2.79. The molecule has 0 saturated carbocycles. The topological polar surface area (TPSA) is 78.2 Å². The number of carbonyl (C=O) groups excluding carboxylic acids is 1. The minimum atomic E-state index is -4.76. The second kappa shape index (κ2) is 5.44. The molecule has 1 atom stereocenters. The van der Waals surface area contributed by atoms with Gasteiger partial charge in [0.25, 0.3) is 0 Å². The first-order valence-electron chi connectivity index (χ1n) is 5.89. The Labute approximate surface area is 128 Å². The molecule has 118 valence electrons. The molecular formula is C12H8ClF3N2O3S. The van der Waals surface area contributed by atoms with E-state index in [4.69, 9.17) is 15.9 Å². The molecule has 1 aliphatic rings. The predicted octanol–water partition coefficient (Wildman–Crippen LogP) is 2.25. The third kappa shape index (κ3) is 3.18. The molecule has 5 nitrogen and oxygen atoms in total. The Balaban J connectivity index is 2.43. The lowest BCUT2D eigenvalue weighted by molar-refractivity contribution is -0.137. The number of rotatable bonds is 2. The van der Waals surface area contributed by atoms with E-state index in [9.17, 15) is 26.4 Å². The van der Waals surface area contributed by atoms with E-state index in [2.05, 4.69) is 0 Å². The Hall–Kier alpha value is -1.79. The van der Waals surface area contributed by atoms with Crippen LogP contribution in [0.1, 0.15) is 17.5 Å². The van der Waals surface area contributed by atoms with Crippen molar-refractivity contribution in [3.05, 3.63) is 29.3 Å². The van der Waals surface area contributed by atoms with Gasteiger partial charge in [0.2, 0.25) is 15.0 Å². The van der Waals surface area contributed by atoms with E-state index in [1.165, 1.54) is 6.07 Å². The molecule has 1 heterocycles. The molecule has 1 unspecified atom stereocenters. The molecule has 1 aromatic carbocycles. The maximum absolute atomic E-state index is 12.9. The first-order chi connectivity index (χ1) is 10.0. The molecule has 0 bridgehead atoms. The van der Waals surface area contributed by atoms with Gasteiger partial charge in [-0.25, -0.2) is 8.42 Å². The highest BCUT2D eigenvalue weighted by Crippen LogP contribution is 2.36. The number of carbonyl (C=O) groups is 1. The third-order valence-corrected chi connectivity index (χ3v) is 5.10. The molecule has 0 aromatic heterocycles. The van der Waals surface area contributed by atoms with Crippen molar-refractivity contribution in [2.24, 2.45) is 0 Å². The lowest BCUT2D eigenvalue weighted by atomic mass is 10.1. The molecule has 10 heteroatoms. The van der Waals surface area contributed by atoms with Crippen LogP contribution in [0, 0.1) is 11.3 Å². The van der Waals surface area contributed by atoms with Gasteiger partial charge in [0.15, 0.2) is 0 Å². The maximum atomic E-state index is 12.9. The molecule has 0 spiro atoms. The first kappa shape index (κ1) is 16.6. The van der Waals surface area contributed by atoms with Gasteiger partial charge in [0.05, 0.1) is 17.2 Å². The standard InChI is InChI=1S/C12H8ClF3N2O3S/c13-22(20,21)9-4-11(19)18(6-9)8-2-1-7(5-17)10(3-8)12(14,15)16/h1-3,9H,4,6H2. The van der Waals surface area contributed by atoms with Gasteiger partial charge in [0, 0.05) is 29.3 Å². The predicted molar refractivity (Wildman–Crippen MR) is 71.7 cm³/mol. The molecule has 0 N–H and O–H groups in total. The summed E-state index contributed by atoms with van der Waals surface area (Å²) >= 11 is 0. The molecule has 1 aromatic rings. The Kier molecular flexibility index (Phi) is 4.10. The first-order valence-corrected chi connectivity index (χ1v) is 8.26. The van der Waals surface area contributed by atoms with E-state index in [0.29, 0.717) is 6.07 Å². The van der Waals surface area contributed by atoms with Crippen molar-refractivity contribution >= 4 is 31.3 Å². The smallest absolute Gasteiger partial charge is 0.311 e. The van der Waals surface area contributed by atoms with Gasteiger partial charge in [-0.2, -0.15) is 18.4 Å². The van der Waals surface area contributed by atoms with Crippen LogP contribution >= 0.6 is 10.7 Å². The van der Waals surface area contributed by atoms with Crippen LogP contribution < -0.4 is 4.90 Å². The van der Waals surface area contributed by atoms with Crippen molar-refractivity contribution in [2.75, 3.05) is 11.4 Å². The van der Waals surface area contributed by atoms with Gasteiger partial charge in [-0.1, -0.05) is 0 Å². The summed E-state index contributed by atoms with van der Waals surface area (Å²) in [6.45, 7) is -0.326. The molecule has 0 radical (unpaired) electrons. The van der Waals surface area contributed by atoms with Gasteiger partial charge >= 0.3 is 6.18 Å². The molecule has 1 saturated heterocycles. The summed E-state index contributed by atoms with van der Waals surface area (Å²) in [5, 5.41) is 7.54. The van der Waals surface area contributed by atoms with Crippen LogP contribution in [-0.4, -0.2) is 26.1 Å². The van der Waals surface area contributed by atoms with Crippen LogP contribution in [-0.2, 0) is 20.0 Å². The fourth-order valence-electron chi connectivity index (χ4n) is 2.15. The number of nitrogens with zero attached hydrogens (tertiary/aromatic N) is 2. The van der Waals surface area contributed by atoms with Crippen molar-refractivity contribution in [1.29, 1.82) is 5.26 Å². The zero-order valence-corrected chi connectivity index (χ0v) is 12.3. The quantitative estimate of drug-likeness (QED) is 0.765. The zero-order chi connectivity index (χ0) is 16.7. The molecule has 22 heavy (non-hydrogen) atoms. The number of benzene rings is 1. The average molecular weight is 353 g/mol. The zero-order valence-electron chi connectivity index (χ0n) is 10.8. The number of hydrogen-bond donors (Lipinski definition) is 0. The summed E-state index contributed by atoms with van der Waals surface area (Å²) in [5.74, 6) is -0.646. The number of hydrogen-bond acceptors (Lipinski definition) is 4. The Morgan fingerprint density at radius 2 is 2.00 bits per heavy atom. The van der Waals surface area contributed by atoms with Crippen molar-refractivity contribution < 1.29 is 26.4 Å². The number of nitriles is 1. The highest BCUT2D eigenvalue weighted by molar-refractivity contribution is 8.14. The van der Waals surface area contributed by atoms with Crippen LogP contribution in [0.4, 0.5) is 18.9 Å². The lowest BCUT2D eigenvalue weighted by Crippen LogP contribution is -2.27. The Morgan fingerprint density at radius 1 is 1.36 bits per heavy atom. The maximum Gasteiger partial charge on any atom is 0.417 e. The van der Waals surface area contributed by atoms with E-state index in [1.54, 1.807) is 0 Å². The van der Waals surface area contributed by atoms with Crippen molar-refractivity contribution in [1.82, 2.24) is 0 Å². The molecule has 1 fully saturated rings. The van der Waals surface area contributed by atoms with E-state index in [-0.39, 0.29) is 12.2 Å². The van der Waals surface area contributed by atoms with Gasteiger partial charge < -0.3 is 4.90 Å². The fraction of sp³-hybridized carbons (Fsp3) is 0.333. The van der Waals surface area contributed by atoms with Gasteiger partial charge in [-0.15, -0.1) is 0 Å². The van der Waals surface area contributed by atoms with E-state index >= 15 is 0 Å². The van der Waals surface area contributed by atoms with E-state index in [0.717, 1.165) is 17.0 Å². The van der Waals surface area contributed by atoms with Gasteiger partial charge in [-0.05, 0) is 18.2 Å². The van der Waals surface area contributed by atoms with Crippen molar-refractivity contribution in [3.8, 4) is 6.07 Å². The molecule has 0 aliphatic carbocycles. The highest BCUT2D eigenvalue weighted by Gasteiger charge is 2.39. The van der Waals surface area contributed by atoms with Crippen LogP contribution in [0.25, 0.3) is 0 Å². The lowest BCUT2D eigenvalue weighted by Gasteiger charge is -2.18. The normalized spacial score (nSPS) is 19.3. The summed E-state index contributed by atoms with van der Waals surface area (Å²) in [7, 11) is 1.19. The number of amides is 1. The molecular weight excluding hydrogens is 345 g/mol. The SMILES string of the molecule is N#Cc1ccc(N2CC(S(=O)(=O)Cl)CC2=O)cc1C(F)(F)F. The molecule has 2 rings (SSSR count). The van der Waals surface area contributed by atoms with Gasteiger partial charge in [0.1, 0.15) is 5.25 Å². The summed E-state index contributed by atoms with van der Waals surface area (Å²) in [6.07, 6.45) is -5.16. The summed E-state index contributed by atoms with van der Waals surface area (Å²) < 4.78 is 61.2. The number of anilines is 1. The van der Waals surface area contributed by atoms with Crippen LogP contribution in [0.3, 0.4) is 0 Å².